The van der Waals surface area contributed by atoms with Gasteiger partial charge in [-0.1, -0.05) is 73.6 Å². The number of para-hydroxylation sites is 2. The molecule has 0 spiro atoms. The van der Waals surface area contributed by atoms with Gasteiger partial charge in [0.1, 0.15) is 8.07 Å². The Bertz CT molecular complexity index is 536. The van der Waals surface area contributed by atoms with Crippen molar-refractivity contribution in [1.82, 2.24) is 0 Å². The molecule has 2 rings (SSSR count). The monoisotopic (exact) mass is 286 g/mol. The third kappa shape index (κ3) is 3.04. The fraction of sp³-hybridized carbons (Fsp3) is 0.294. The van der Waals surface area contributed by atoms with Gasteiger partial charge in [-0.25, -0.2) is 0 Å². The summed E-state index contributed by atoms with van der Waals surface area (Å²) < 4.78 is 5.95. The summed E-state index contributed by atoms with van der Waals surface area (Å²) in [5.74, 6) is 0.804. The highest BCUT2D eigenvalue weighted by atomic mass is 28.3. The largest absolute Gasteiger partial charge is 0.504 e. The molecule has 2 aromatic carbocycles. The third-order valence-electron chi connectivity index (χ3n) is 4.11. The number of hydrogen-bond acceptors (Lipinski definition) is 2. The molecule has 0 atom stereocenters. The summed E-state index contributed by atoms with van der Waals surface area (Å²) in [5, 5.41) is 11.2. The predicted molar refractivity (Wildman–Crippen MR) is 86.4 cm³/mol. The van der Waals surface area contributed by atoms with Crippen molar-refractivity contribution in [2.24, 2.45) is 0 Å². The molecule has 0 aromatic heterocycles. The van der Waals surface area contributed by atoms with E-state index in [0.717, 1.165) is 12.1 Å². The fourth-order valence-electron chi connectivity index (χ4n) is 2.53. The average Bonchev–Trinajstić information content (AvgIpc) is 2.51. The first-order valence-corrected chi connectivity index (χ1v) is 9.80. The van der Waals surface area contributed by atoms with Crippen LogP contribution in [-0.2, 0) is 0 Å². The summed E-state index contributed by atoms with van der Waals surface area (Å²) in [7, 11) is -1.66. The van der Waals surface area contributed by atoms with Gasteiger partial charge in [-0.05, 0) is 12.1 Å². The maximum Gasteiger partial charge on any atom is 0.160 e. The molecule has 2 nitrogen and oxygen atoms in total. The Morgan fingerprint density at radius 2 is 1.50 bits per heavy atom. The van der Waals surface area contributed by atoms with Gasteiger partial charge in [-0.2, -0.15) is 0 Å². The molecule has 0 fully saturated rings. The van der Waals surface area contributed by atoms with Crippen LogP contribution in [0.2, 0.25) is 12.1 Å². The van der Waals surface area contributed by atoms with Crippen LogP contribution in [0.1, 0.15) is 13.8 Å². The zero-order valence-corrected chi connectivity index (χ0v) is 13.2. The minimum absolute atomic E-state index is 0.218. The zero-order valence-electron chi connectivity index (χ0n) is 12.2. The van der Waals surface area contributed by atoms with Gasteiger partial charge in [0.15, 0.2) is 11.5 Å². The molecule has 0 unspecified atom stereocenters. The van der Waals surface area contributed by atoms with Crippen molar-refractivity contribution < 1.29 is 9.84 Å². The molecule has 2 aromatic rings. The van der Waals surface area contributed by atoms with E-state index in [1.807, 2.05) is 18.2 Å². The molecule has 0 aliphatic heterocycles. The number of rotatable bonds is 6. The van der Waals surface area contributed by atoms with Crippen LogP contribution >= 0.6 is 0 Å². The van der Waals surface area contributed by atoms with E-state index in [1.54, 1.807) is 6.07 Å². The molecule has 0 bridgehead atoms. The summed E-state index contributed by atoms with van der Waals surface area (Å²) in [6.07, 6.45) is 0.710. The van der Waals surface area contributed by atoms with Crippen LogP contribution in [0.4, 0.5) is 0 Å². The molecule has 0 amide bonds. The lowest BCUT2D eigenvalue weighted by molar-refractivity contribution is 0.347. The van der Waals surface area contributed by atoms with Crippen molar-refractivity contribution in [1.29, 1.82) is 0 Å². The van der Waals surface area contributed by atoms with E-state index in [-0.39, 0.29) is 5.75 Å². The van der Waals surface area contributed by atoms with Gasteiger partial charge in [-0.15, -0.1) is 0 Å². The number of phenols is 1. The third-order valence-corrected chi connectivity index (χ3v) is 9.07. The molecule has 0 heterocycles. The molecule has 106 valence electrons. The first kappa shape index (κ1) is 14.7. The molecule has 1 N–H and O–H groups in total. The van der Waals surface area contributed by atoms with Crippen molar-refractivity contribution >= 4 is 13.3 Å². The van der Waals surface area contributed by atoms with Gasteiger partial charge < -0.3 is 9.84 Å². The van der Waals surface area contributed by atoms with Crippen LogP contribution in [0.5, 0.6) is 11.5 Å². The average molecular weight is 286 g/mol. The van der Waals surface area contributed by atoms with Crippen molar-refractivity contribution in [3.63, 3.8) is 0 Å². The summed E-state index contributed by atoms with van der Waals surface area (Å²) in [6, 6.07) is 20.2. The maximum atomic E-state index is 9.81. The Labute approximate surface area is 122 Å². The normalized spacial score (nSPS) is 11.3. The van der Waals surface area contributed by atoms with Crippen LogP contribution in [0.15, 0.2) is 54.6 Å². The maximum absolute atomic E-state index is 9.81. The van der Waals surface area contributed by atoms with E-state index >= 15 is 0 Å². The molecule has 0 aliphatic rings. The molecular formula is C17H22O2Si. The van der Waals surface area contributed by atoms with E-state index in [1.165, 1.54) is 5.19 Å². The van der Waals surface area contributed by atoms with E-state index in [2.05, 4.69) is 44.2 Å². The Hall–Kier alpha value is -1.74. The van der Waals surface area contributed by atoms with Crippen molar-refractivity contribution in [3.05, 3.63) is 54.6 Å². The number of aromatic hydroxyl groups is 1. The van der Waals surface area contributed by atoms with E-state index in [0.29, 0.717) is 12.0 Å². The highest BCUT2D eigenvalue weighted by Gasteiger charge is 2.32. The van der Waals surface area contributed by atoms with Crippen molar-refractivity contribution in [2.45, 2.75) is 25.9 Å². The number of ether oxygens (including phenoxy) is 1. The lowest BCUT2D eigenvalue weighted by Crippen LogP contribution is -2.52. The lowest BCUT2D eigenvalue weighted by atomic mass is 10.3. The van der Waals surface area contributed by atoms with Crippen LogP contribution in [-0.4, -0.2) is 19.4 Å². The zero-order chi connectivity index (χ0) is 14.4. The molecule has 20 heavy (non-hydrogen) atoms. The van der Waals surface area contributed by atoms with Crippen LogP contribution in [0.3, 0.4) is 0 Å². The molecule has 0 radical (unpaired) electrons. The second-order valence-electron chi connectivity index (χ2n) is 5.11. The Kier molecular flexibility index (Phi) is 4.85. The number of hydrogen-bond donors (Lipinski definition) is 1. The summed E-state index contributed by atoms with van der Waals surface area (Å²) in [4.78, 5) is 0. The van der Waals surface area contributed by atoms with Crippen molar-refractivity contribution in [2.75, 3.05) is 6.23 Å². The SMILES string of the molecule is CC[Si](CC)(COc1ccccc1O)c1ccccc1. The topological polar surface area (TPSA) is 29.5 Å². The van der Waals surface area contributed by atoms with E-state index < -0.39 is 8.07 Å². The van der Waals surface area contributed by atoms with E-state index in [4.69, 9.17) is 4.74 Å². The highest BCUT2D eigenvalue weighted by molar-refractivity contribution is 6.91. The van der Waals surface area contributed by atoms with E-state index in [9.17, 15) is 5.11 Å². The van der Waals surface area contributed by atoms with Gasteiger partial charge in [0.05, 0.1) is 6.23 Å². The first-order chi connectivity index (χ1) is 9.72. The van der Waals surface area contributed by atoms with Gasteiger partial charge in [-0.3, -0.25) is 0 Å². The minimum atomic E-state index is -1.66. The second kappa shape index (κ2) is 6.62. The van der Waals surface area contributed by atoms with Crippen molar-refractivity contribution in [3.8, 4) is 11.5 Å². The fourth-order valence-corrected chi connectivity index (χ4v) is 5.76. The van der Waals surface area contributed by atoms with Gasteiger partial charge in [0.25, 0.3) is 0 Å². The number of benzene rings is 2. The molecule has 3 heteroatoms. The Morgan fingerprint density at radius 3 is 2.10 bits per heavy atom. The van der Waals surface area contributed by atoms with Gasteiger partial charge in [0, 0.05) is 0 Å². The Balaban J connectivity index is 2.20. The number of phenolic OH excluding ortho intramolecular Hbond substituents is 1. The lowest BCUT2D eigenvalue weighted by Gasteiger charge is -2.29. The second-order valence-corrected chi connectivity index (χ2v) is 9.95. The van der Waals surface area contributed by atoms with Crippen LogP contribution in [0.25, 0.3) is 0 Å². The first-order valence-electron chi connectivity index (χ1n) is 7.18. The molecular weight excluding hydrogens is 264 g/mol. The minimum Gasteiger partial charge on any atom is -0.504 e. The standard InChI is InChI=1S/C17H22O2Si/c1-3-20(4-2,15-10-6-5-7-11-15)14-19-17-13-9-8-12-16(17)18/h5-13,18H,3-4,14H2,1-2H3. The highest BCUT2D eigenvalue weighted by Crippen LogP contribution is 2.26. The summed E-state index contributed by atoms with van der Waals surface area (Å²) >= 11 is 0. The van der Waals surface area contributed by atoms with Gasteiger partial charge in [0.2, 0.25) is 0 Å². The molecule has 0 saturated heterocycles. The Morgan fingerprint density at radius 1 is 0.900 bits per heavy atom. The van der Waals surface area contributed by atoms with Crippen LogP contribution < -0.4 is 9.92 Å². The van der Waals surface area contributed by atoms with Crippen LogP contribution in [0, 0.1) is 0 Å². The quantitative estimate of drug-likeness (QED) is 0.820. The molecule has 0 saturated carbocycles. The van der Waals surface area contributed by atoms with Gasteiger partial charge >= 0.3 is 0 Å². The summed E-state index contributed by atoms with van der Waals surface area (Å²) in [5.41, 5.74) is 0. The summed E-state index contributed by atoms with van der Waals surface area (Å²) in [6.45, 7) is 4.49. The predicted octanol–water partition coefficient (Wildman–Crippen LogP) is 3.71. The smallest absolute Gasteiger partial charge is 0.160 e. The molecule has 0 aliphatic carbocycles.